The van der Waals surface area contributed by atoms with E-state index in [0.29, 0.717) is 17.5 Å². The largest absolute Gasteiger partial charge is 0.496 e. The third kappa shape index (κ3) is 4.70. The Morgan fingerprint density at radius 2 is 1.89 bits per heavy atom. The predicted octanol–water partition coefficient (Wildman–Crippen LogP) is 3.98. The van der Waals surface area contributed by atoms with Gasteiger partial charge in [0.25, 0.3) is 0 Å². The molecule has 0 bridgehead atoms. The molecule has 1 aromatic carbocycles. The van der Waals surface area contributed by atoms with Crippen molar-refractivity contribution in [1.82, 2.24) is 15.0 Å². The third-order valence-corrected chi connectivity index (χ3v) is 4.82. The first-order chi connectivity index (χ1) is 13.5. The Kier molecular flexibility index (Phi) is 6.31. The van der Waals surface area contributed by atoms with E-state index < -0.39 is 0 Å². The van der Waals surface area contributed by atoms with E-state index in [0.717, 1.165) is 35.5 Å². The van der Waals surface area contributed by atoms with Crippen molar-refractivity contribution in [2.24, 2.45) is 0 Å². The van der Waals surface area contributed by atoms with Gasteiger partial charge in [0.05, 0.1) is 19.3 Å². The monoisotopic (exact) mass is 397 g/mol. The summed E-state index contributed by atoms with van der Waals surface area (Å²) in [6.45, 7) is 5.29. The van der Waals surface area contributed by atoms with Crippen molar-refractivity contribution in [3.8, 4) is 5.75 Å². The highest BCUT2D eigenvalue weighted by atomic mass is 35.5. The molecule has 0 spiro atoms. The number of nitrogens with two attached hydrogens (primary N) is 1. The van der Waals surface area contributed by atoms with E-state index in [4.69, 9.17) is 22.1 Å². The minimum atomic E-state index is 0.151. The summed E-state index contributed by atoms with van der Waals surface area (Å²) < 4.78 is 5.55. The van der Waals surface area contributed by atoms with Gasteiger partial charge in [0.15, 0.2) is 0 Å². The number of halogens is 1. The zero-order chi connectivity index (χ0) is 20.1. The van der Waals surface area contributed by atoms with Crippen LogP contribution in [0.1, 0.15) is 22.4 Å². The Bertz CT molecular complexity index is 929. The van der Waals surface area contributed by atoms with Crippen molar-refractivity contribution in [1.29, 1.82) is 0 Å². The maximum absolute atomic E-state index is 6.12. The molecule has 0 fully saturated rings. The number of nitrogen functional groups attached to an aromatic ring is 1. The first-order valence-corrected chi connectivity index (χ1v) is 9.43. The molecule has 0 atom stereocenters. The highest BCUT2D eigenvalue weighted by Crippen LogP contribution is 2.26. The van der Waals surface area contributed by atoms with Crippen molar-refractivity contribution in [2.45, 2.75) is 26.8 Å². The van der Waals surface area contributed by atoms with Gasteiger partial charge in [-0.25, -0.2) is 4.98 Å². The maximum atomic E-state index is 6.12. The molecule has 0 aliphatic heterocycles. The van der Waals surface area contributed by atoms with Crippen LogP contribution in [0.3, 0.4) is 0 Å². The van der Waals surface area contributed by atoms with Crippen LogP contribution < -0.4 is 15.4 Å². The molecule has 6 nitrogen and oxygen atoms in total. The molecule has 3 aromatic rings. The van der Waals surface area contributed by atoms with E-state index in [1.807, 2.05) is 38.2 Å². The number of hydrogen-bond donors (Lipinski definition) is 1. The van der Waals surface area contributed by atoms with Crippen LogP contribution in [-0.2, 0) is 13.0 Å². The fourth-order valence-corrected chi connectivity index (χ4v) is 3.36. The number of rotatable bonds is 7. The fourth-order valence-electron chi connectivity index (χ4n) is 3.18. The number of anilines is 2. The van der Waals surface area contributed by atoms with E-state index in [-0.39, 0.29) is 5.95 Å². The Hall–Kier alpha value is -2.86. The Labute approximate surface area is 170 Å². The van der Waals surface area contributed by atoms with Crippen LogP contribution in [-0.4, -0.2) is 28.6 Å². The molecule has 0 aliphatic carbocycles. The van der Waals surface area contributed by atoms with Gasteiger partial charge in [0, 0.05) is 29.9 Å². The fraction of sp³-hybridized carbons (Fsp3) is 0.286. The van der Waals surface area contributed by atoms with Gasteiger partial charge >= 0.3 is 0 Å². The van der Waals surface area contributed by atoms with E-state index in [2.05, 4.69) is 32.0 Å². The van der Waals surface area contributed by atoms with Gasteiger partial charge < -0.3 is 15.4 Å². The van der Waals surface area contributed by atoms with Crippen LogP contribution in [0.2, 0.25) is 5.15 Å². The molecule has 0 saturated carbocycles. The highest BCUT2D eigenvalue weighted by molar-refractivity contribution is 6.29. The van der Waals surface area contributed by atoms with Gasteiger partial charge in [0.2, 0.25) is 5.95 Å². The summed E-state index contributed by atoms with van der Waals surface area (Å²) in [5, 5.41) is 0.318. The van der Waals surface area contributed by atoms with E-state index in [1.165, 1.54) is 5.56 Å². The molecule has 7 heteroatoms. The van der Waals surface area contributed by atoms with E-state index in [9.17, 15) is 0 Å². The molecule has 3 rings (SSSR count). The number of ether oxygens (including phenoxy) is 1. The van der Waals surface area contributed by atoms with Crippen molar-refractivity contribution in [2.75, 3.05) is 24.3 Å². The lowest BCUT2D eigenvalue weighted by molar-refractivity contribution is 0.406. The van der Waals surface area contributed by atoms with Crippen LogP contribution in [0, 0.1) is 13.8 Å². The van der Waals surface area contributed by atoms with Crippen LogP contribution in [0.4, 0.5) is 11.8 Å². The van der Waals surface area contributed by atoms with Gasteiger partial charge in [-0.2, -0.15) is 4.98 Å². The molecule has 146 valence electrons. The van der Waals surface area contributed by atoms with Crippen molar-refractivity contribution >= 4 is 23.4 Å². The Morgan fingerprint density at radius 1 is 1.14 bits per heavy atom. The first-order valence-electron chi connectivity index (χ1n) is 9.06. The molecule has 2 aromatic heterocycles. The third-order valence-electron chi connectivity index (χ3n) is 4.63. The molecule has 2 heterocycles. The lowest BCUT2D eigenvalue weighted by atomic mass is 10.1. The number of pyridine rings is 1. The van der Waals surface area contributed by atoms with E-state index in [1.54, 1.807) is 13.2 Å². The minimum Gasteiger partial charge on any atom is -0.496 e. The van der Waals surface area contributed by atoms with Gasteiger partial charge in [-0.15, -0.1) is 0 Å². The highest BCUT2D eigenvalue weighted by Gasteiger charge is 2.16. The van der Waals surface area contributed by atoms with E-state index >= 15 is 0 Å². The quantitative estimate of drug-likeness (QED) is 0.607. The van der Waals surface area contributed by atoms with Gasteiger partial charge in [-0.1, -0.05) is 41.9 Å². The number of aryl methyl sites for hydroxylation is 1. The summed E-state index contributed by atoms with van der Waals surface area (Å²) >= 11 is 6.12. The second-order valence-corrected chi connectivity index (χ2v) is 7.00. The topological polar surface area (TPSA) is 77.2 Å². The summed E-state index contributed by atoms with van der Waals surface area (Å²) in [6, 6.07) is 12.0. The summed E-state index contributed by atoms with van der Waals surface area (Å²) in [5.41, 5.74) is 10.0. The smallest absolute Gasteiger partial charge is 0.223 e. The summed E-state index contributed by atoms with van der Waals surface area (Å²) in [7, 11) is 1.68. The maximum Gasteiger partial charge on any atom is 0.223 e. The Balaban J connectivity index is 1.92. The number of aromatic nitrogens is 3. The Morgan fingerprint density at radius 3 is 2.57 bits per heavy atom. The van der Waals surface area contributed by atoms with Crippen LogP contribution >= 0.6 is 11.6 Å². The lowest BCUT2D eigenvalue weighted by Gasteiger charge is -2.25. The molecule has 0 saturated heterocycles. The van der Waals surface area contributed by atoms with Gasteiger partial charge in [-0.3, -0.25) is 4.98 Å². The number of hydrogen-bond acceptors (Lipinski definition) is 6. The zero-order valence-corrected chi connectivity index (χ0v) is 17.1. The molecule has 0 amide bonds. The predicted molar refractivity (Wildman–Crippen MR) is 113 cm³/mol. The minimum absolute atomic E-state index is 0.151. The average molecular weight is 398 g/mol. The summed E-state index contributed by atoms with van der Waals surface area (Å²) in [6.07, 6.45) is 2.68. The van der Waals surface area contributed by atoms with Crippen LogP contribution in [0.25, 0.3) is 0 Å². The molecular weight excluding hydrogens is 374 g/mol. The van der Waals surface area contributed by atoms with Crippen molar-refractivity contribution in [3.05, 3.63) is 70.1 Å². The second-order valence-electron chi connectivity index (χ2n) is 6.61. The summed E-state index contributed by atoms with van der Waals surface area (Å²) in [5.74, 6) is 1.68. The standard InChI is InChI=1S/C21H24ClN5O/c1-14-12-24-17(15(2)20(14)28-3)13-27(10-9-16-7-5-4-6-8-16)19-11-18(22)25-21(23)26-19/h4-8,11-12H,9-10,13H2,1-3H3,(H2,23,25,26). The normalized spacial score (nSPS) is 10.7. The van der Waals surface area contributed by atoms with Crippen LogP contribution in [0.15, 0.2) is 42.6 Å². The van der Waals surface area contributed by atoms with Gasteiger partial charge in [-0.05, 0) is 25.8 Å². The number of benzene rings is 1. The van der Waals surface area contributed by atoms with Crippen molar-refractivity contribution in [3.63, 3.8) is 0 Å². The first kappa shape index (κ1) is 19.9. The zero-order valence-electron chi connectivity index (χ0n) is 16.3. The molecule has 2 N–H and O–H groups in total. The molecule has 28 heavy (non-hydrogen) atoms. The molecular formula is C21H24ClN5O. The molecule has 0 aliphatic rings. The average Bonchev–Trinajstić information content (AvgIpc) is 2.67. The lowest BCUT2D eigenvalue weighted by Crippen LogP contribution is -2.27. The molecule has 0 radical (unpaired) electrons. The number of nitrogens with zero attached hydrogens (tertiary/aromatic N) is 4. The molecule has 0 unspecified atom stereocenters. The van der Waals surface area contributed by atoms with Gasteiger partial charge in [0.1, 0.15) is 16.7 Å². The van der Waals surface area contributed by atoms with Crippen molar-refractivity contribution < 1.29 is 4.74 Å². The SMILES string of the molecule is COc1c(C)cnc(CN(CCc2ccccc2)c2cc(Cl)nc(N)n2)c1C. The summed E-state index contributed by atoms with van der Waals surface area (Å²) in [4.78, 5) is 15.1. The van der Waals surface area contributed by atoms with Crippen LogP contribution in [0.5, 0.6) is 5.75 Å². The number of methoxy groups -OCH3 is 1. The second kappa shape index (κ2) is 8.89.